The summed E-state index contributed by atoms with van der Waals surface area (Å²) < 4.78 is 0. The Hall–Kier alpha value is -0.970. The number of hydrogen-bond donors (Lipinski definition) is 1. The fourth-order valence-corrected chi connectivity index (χ4v) is 3.58. The van der Waals surface area contributed by atoms with Gasteiger partial charge in [0.05, 0.1) is 0 Å². The molecule has 2 unspecified atom stereocenters. The molecular weight excluding hydrogens is 342 g/mol. The Kier molecular flexibility index (Phi) is 19.1. The second-order valence-electron chi connectivity index (χ2n) is 7.90. The molecule has 27 heavy (non-hydrogen) atoms. The van der Waals surface area contributed by atoms with Crippen LogP contribution in [0.5, 0.6) is 0 Å². The van der Waals surface area contributed by atoms with Crippen LogP contribution in [0.1, 0.15) is 122 Å². The number of nitrogens with zero attached hydrogens (tertiary/aromatic N) is 1. The van der Waals surface area contributed by atoms with Gasteiger partial charge >= 0.3 is 0 Å². The van der Waals surface area contributed by atoms with Crippen molar-refractivity contribution < 1.29 is 14.8 Å². The lowest BCUT2D eigenvalue weighted by molar-refractivity contribution is -0.535. The smallest absolute Gasteiger partial charge is 0.238 e. The zero-order valence-corrected chi connectivity index (χ0v) is 17.6. The summed E-state index contributed by atoms with van der Waals surface area (Å²) in [6.07, 6.45) is 18.7. The standard InChI is InChI=1S/C22H43NO4/c1-2-3-4-5-12-15-18-21(23(26)27)22(25)19-16-13-10-8-6-7-9-11-14-17-20-24/h20-22,25H,2-19H2,1H3. The predicted molar refractivity (Wildman–Crippen MR) is 112 cm³/mol. The summed E-state index contributed by atoms with van der Waals surface area (Å²) in [6.45, 7) is 2.18. The number of unbranched alkanes of at least 4 members (excludes halogenated alkanes) is 14. The molecule has 0 rings (SSSR count). The van der Waals surface area contributed by atoms with Gasteiger partial charge in [-0.1, -0.05) is 90.4 Å². The van der Waals surface area contributed by atoms with Crippen LogP contribution in [0.25, 0.3) is 0 Å². The van der Waals surface area contributed by atoms with Crippen LogP contribution in [0.2, 0.25) is 0 Å². The van der Waals surface area contributed by atoms with Gasteiger partial charge in [-0.3, -0.25) is 10.1 Å². The Morgan fingerprint density at radius 1 is 0.778 bits per heavy atom. The van der Waals surface area contributed by atoms with Crippen LogP contribution in [0.3, 0.4) is 0 Å². The lowest BCUT2D eigenvalue weighted by Gasteiger charge is -2.16. The Morgan fingerprint density at radius 3 is 1.70 bits per heavy atom. The van der Waals surface area contributed by atoms with Crippen LogP contribution in [0.4, 0.5) is 0 Å². The normalized spacial score (nSPS) is 13.4. The average molecular weight is 386 g/mol. The van der Waals surface area contributed by atoms with E-state index in [0.29, 0.717) is 19.3 Å². The SMILES string of the molecule is CCCCCCCCC(C(O)CCCCCCCCCCCC=O)[N+](=O)[O-]. The van der Waals surface area contributed by atoms with Gasteiger partial charge in [-0.05, 0) is 19.3 Å². The quantitative estimate of drug-likeness (QED) is 0.110. The molecule has 0 spiro atoms. The number of hydrogen-bond acceptors (Lipinski definition) is 4. The van der Waals surface area contributed by atoms with E-state index in [1.165, 1.54) is 44.9 Å². The molecule has 0 saturated carbocycles. The van der Waals surface area contributed by atoms with Gasteiger partial charge in [-0.25, -0.2) is 0 Å². The highest BCUT2D eigenvalue weighted by atomic mass is 16.6. The third kappa shape index (κ3) is 16.9. The third-order valence-electron chi connectivity index (χ3n) is 5.39. The van der Waals surface area contributed by atoms with Crippen LogP contribution in [-0.4, -0.2) is 28.5 Å². The fraction of sp³-hybridized carbons (Fsp3) is 0.955. The van der Waals surface area contributed by atoms with Crippen LogP contribution in [0, 0.1) is 10.1 Å². The molecular formula is C22H43NO4. The van der Waals surface area contributed by atoms with Crippen LogP contribution in [0.15, 0.2) is 0 Å². The maximum absolute atomic E-state index is 11.2. The number of aliphatic hydroxyl groups is 1. The highest BCUT2D eigenvalue weighted by molar-refractivity contribution is 5.48. The van der Waals surface area contributed by atoms with Crippen molar-refractivity contribution in [3.8, 4) is 0 Å². The summed E-state index contributed by atoms with van der Waals surface area (Å²) in [6, 6.07) is -0.789. The molecule has 0 aromatic carbocycles. The maximum atomic E-state index is 11.2. The van der Waals surface area contributed by atoms with Crippen LogP contribution >= 0.6 is 0 Å². The van der Waals surface area contributed by atoms with E-state index < -0.39 is 12.1 Å². The molecule has 0 fully saturated rings. The molecule has 0 heterocycles. The second kappa shape index (κ2) is 19.8. The van der Waals surface area contributed by atoms with E-state index >= 15 is 0 Å². The van der Waals surface area contributed by atoms with Crippen molar-refractivity contribution in [3.05, 3.63) is 10.1 Å². The molecule has 0 saturated heterocycles. The first-order valence-corrected chi connectivity index (χ1v) is 11.4. The molecule has 0 amide bonds. The summed E-state index contributed by atoms with van der Waals surface area (Å²) in [5.74, 6) is 0. The number of carbonyl (C=O) groups is 1. The van der Waals surface area contributed by atoms with Gasteiger partial charge in [0.1, 0.15) is 12.4 Å². The first-order valence-electron chi connectivity index (χ1n) is 11.4. The third-order valence-corrected chi connectivity index (χ3v) is 5.39. The van der Waals surface area contributed by atoms with Crippen molar-refractivity contribution in [1.82, 2.24) is 0 Å². The van der Waals surface area contributed by atoms with Gasteiger partial charge in [0.15, 0.2) is 0 Å². The van der Waals surface area contributed by atoms with Crippen LogP contribution < -0.4 is 0 Å². The minimum atomic E-state index is -0.798. The van der Waals surface area contributed by atoms with Gasteiger partial charge in [-0.2, -0.15) is 0 Å². The van der Waals surface area contributed by atoms with E-state index in [1.54, 1.807) is 0 Å². The summed E-state index contributed by atoms with van der Waals surface area (Å²) in [5, 5.41) is 21.4. The molecule has 1 N–H and O–H groups in total. The van der Waals surface area contributed by atoms with Gasteiger partial charge in [-0.15, -0.1) is 0 Å². The number of aliphatic hydroxyl groups excluding tert-OH is 1. The second-order valence-corrected chi connectivity index (χ2v) is 7.90. The van der Waals surface area contributed by atoms with Crippen molar-refractivity contribution in [2.24, 2.45) is 0 Å². The lowest BCUT2D eigenvalue weighted by atomic mass is 9.98. The van der Waals surface area contributed by atoms with E-state index in [2.05, 4.69) is 6.92 Å². The Balaban J connectivity index is 3.63. The number of nitro groups is 1. The lowest BCUT2D eigenvalue weighted by Crippen LogP contribution is -2.33. The molecule has 0 aliphatic heterocycles. The van der Waals surface area contributed by atoms with E-state index in [-0.39, 0.29) is 4.92 Å². The summed E-state index contributed by atoms with van der Waals surface area (Å²) in [5.41, 5.74) is 0. The molecule has 0 aromatic rings. The first-order chi connectivity index (χ1) is 13.1. The van der Waals surface area contributed by atoms with Crippen molar-refractivity contribution in [2.45, 2.75) is 135 Å². The molecule has 2 atom stereocenters. The fourth-order valence-electron chi connectivity index (χ4n) is 3.58. The van der Waals surface area contributed by atoms with Gasteiger partial charge < -0.3 is 9.90 Å². The zero-order chi connectivity index (χ0) is 20.2. The average Bonchev–Trinajstić information content (AvgIpc) is 2.65. The molecule has 0 aliphatic carbocycles. The summed E-state index contributed by atoms with van der Waals surface area (Å²) in [7, 11) is 0. The highest BCUT2D eigenvalue weighted by Crippen LogP contribution is 2.17. The van der Waals surface area contributed by atoms with E-state index in [4.69, 9.17) is 0 Å². The molecule has 160 valence electrons. The minimum absolute atomic E-state index is 0.276. The Morgan fingerprint density at radius 2 is 1.22 bits per heavy atom. The number of carbonyl (C=O) groups excluding carboxylic acids is 1. The molecule has 5 heteroatoms. The maximum Gasteiger partial charge on any atom is 0.238 e. The molecule has 0 aliphatic rings. The summed E-state index contributed by atoms with van der Waals surface area (Å²) >= 11 is 0. The highest BCUT2D eigenvalue weighted by Gasteiger charge is 2.28. The Labute approximate surface area is 166 Å². The summed E-state index contributed by atoms with van der Waals surface area (Å²) in [4.78, 5) is 21.2. The van der Waals surface area contributed by atoms with Crippen molar-refractivity contribution >= 4 is 6.29 Å². The molecule has 0 aromatic heterocycles. The molecule has 0 bridgehead atoms. The Bertz CT molecular complexity index is 349. The van der Waals surface area contributed by atoms with E-state index in [1.807, 2.05) is 0 Å². The molecule has 5 nitrogen and oxygen atoms in total. The van der Waals surface area contributed by atoms with Crippen molar-refractivity contribution in [1.29, 1.82) is 0 Å². The number of aldehydes is 1. The van der Waals surface area contributed by atoms with Crippen LogP contribution in [-0.2, 0) is 4.79 Å². The van der Waals surface area contributed by atoms with Crippen molar-refractivity contribution in [3.63, 3.8) is 0 Å². The predicted octanol–water partition coefficient (Wildman–Crippen LogP) is 6.23. The molecule has 0 radical (unpaired) electrons. The number of rotatable bonds is 21. The first kappa shape index (κ1) is 26.0. The van der Waals surface area contributed by atoms with Gasteiger partial charge in [0.2, 0.25) is 6.04 Å². The topological polar surface area (TPSA) is 80.4 Å². The van der Waals surface area contributed by atoms with Gasteiger partial charge in [0.25, 0.3) is 0 Å². The minimum Gasteiger partial charge on any atom is -0.386 e. The van der Waals surface area contributed by atoms with E-state index in [0.717, 1.165) is 57.7 Å². The van der Waals surface area contributed by atoms with Crippen molar-refractivity contribution in [2.75, 3.05) is 0 Å². The zero-order valence-electron chi connectivity index (χ0n) is 17.6. The van der Waals surface area contributed by atoms with Gasteiger partial charge in [0, 0.05) is 17.8 Å². The largest absolute Gasteiger partial charge is 0.386 e. The van der Waals surface area contributed by atoms with E-state index in [9.17, 15) is 20.0 Å². The monoisotopic (exact) mass is 385 g/mol.